The summed E-state index contributed by atoms with van der Waals surface area (Å²) in [5.41, 5.74) is 1.05. The molecule has 1 saturated heterocycles. The van der Waals surface area contributed by atoms with Gasteiger partial charge in [-0.25, -0.2) is 4.39 Å². The summed E-state index contributed by atoms with van der Waals surface area (Å²) in [6.45, 7) is 7.39. The molecule has 0 unspecified atom stereocenters. The molecular weight excluding hydrogens is 343 g/mol. The highest BCUT2D eigenvalue weighted by Crippen LogP contribution is 2.23. The maximum absolute atomic E-state index is 13.3. The van der Waals surface area contributed by atoms with Crippen molar-refractivity contribution in [3.8, 4) is 0 Å². The molecule has 0 saturated carbocycles. The van der Waals surface area contributed by atoms with Gasteiger partial charge in [-0.2, -0.15) is 0 Å². The minimum Gasteiger partial charge on any atom is -0.317 e. The van der Waals surface area contributed by atoms with E-state index in [-0.39, 0.29) is 18.2 Å². The van der Waals surface area contributed by atoms with E-state index in [0.29, 0.717) is 0 Å². The Bertz CT molecular complexity index is 409. The highest BCUT2D eigenvalue weighted by Gasteiger charge is 2.19. The van der Waals surface area contributed by atoms with E-state index in [4.69, 9.17) is 0 Å². The van der Waals surface area contributed by atoms with Crippen LogP contribution in [0.5, 0.6) is 0 Å². The Balaban J connectivity index is 0.00000200. The fraction of sp³-hybridized carbons (Fsp3) is 0.600. The highest BCUT2D eigenvalue weighted by atomic mass is 79.9. The Morgan fingerprint density at radius 3 is 2.70 bits per heavy atom. The first kappa shape index (κ1) is 17.9. The van der Waals surface area contributed by atoms with Crippen LogP contribution in [0.15, 0.2) is 22.7 Å². The van der Waals surface area contributed by atoms with E-state index >= 15 is 0 Å². The molecule has 1 heterocycles. The number of nitrogens with one attached hydrogen (secondary N) is 1. The lowest BCUT2D eigenvalue weighted by molar-refractivity contribution is 0.175. The van der Waals surface area contributed by atoms with Crippen LogP contribution in [0.1, 0.15) is 25.3 Å². The normalized spacial score (nSPS) is 16.9. The van der Waals surface area contributed by atoms with Gasteiger partial charge in [0.25, 0.3) is 0 Å². The maximum Gasteiger partial charge on any atom is 0.123 e. The van der Waals surface area contributed by atoms with Gasteiger partial charge in [0.1, 0.15) is 5.82 Å². The van der Waals surface area contributed by atoms with Crippen molar-refractivity contribution in [2.75, 3.05) is 26.2 Å². The Morgan fingerprint density at radius 2 is 2.05 bits per heavy atom. The van der Waals surface area contributed by atoms with E-state index < -0.39 is 0 Å². The van der Waals surface area contributed by atoms with Gasteiger partial charge in [-0.3, -0.25) is 4.90 Å². The first-order valence-corrected chi connectivity index (χ1v) is 7.85. The molecule has 0 spiro atoms. The Kier molecular flexibility index (Phi) is 8.03. The number of hydrogen-bond acceptors (Lipinski definition) is 2. The first-order valence-electron chi connectivity index (χ1n) is 7.06. The van der Waals surface area contributed by atoms with Crippen LogP contribution in [0, 0.1) is 11.7 Å². The lowest BCUT2D eigenvalue weighted by Crippen LogP contribution is -2.36. The molecule has 5 heteroatoms. The van der Waals surface area contributed by atoms with E-state index in [9.17, 15) is 4.39 Å². The third kappa shape index (κ3) is 5.32. The highest BCUT2D eigenvalue weighted by molar-refractivity contribution is 9.10. The van der Waals surface area contributed by atoms with E-state index in [1.165, 1.54) is 18.9 Å². The van der Waals surface area contributed by atoms with E-state index in [1.807, 2.05) is 0 Å². The van der Waals surface area contributed by atoms with Crippen molar-refractivity contribution in [1.29, 1.82) is 0 Å². The number of halogens is 3. The van der Waals surface area contributed by atoms with Crippen LogP contribution in [-0.4, -0.2) is 31.1 Å². The standard InChI is InChI=1S/C15H22BrFN2.ClH/c1-2-18-10-12-5-7-19(8-6-12)11-13-9-14(17)3-4-15(13)16;/h3-4,9,12,18H,2,5-8,10-11H2,1H3;1H. The number of likely N-dealkylation sites (tertiary alicyclic amines) is 1. The number of piperidine rings is 1. The second kappa shape index (κ2) is 8.98. The van der Waals surface area contributed by atoms with Gasteiger partial charge in [0, 0.05) is 11.0 Å². The predicted octanol–water partition coefficient (Wildman–Crippen LogP) is 3.83. The molecule has 1 fully saturated rings. The van der Waals surface area contributed by atoms with E-state index in [0.717, 1.165) is 48.7 Å². The molecule has 1 aromatic rings. The van der Waals surface area contributed by atoms with Gasteiger partial charge in [-0.1, -0.05) is 22.9 Å². The smallest absolute Gasteiger partial charge is 0.123 e. The van der Waals surface area contributed by atoms with Crippen molar-refractivity contribution in [3.05, 3.63) is 34.1 Å². The summed E-state index contributed by atoms with van der Waals surface area (Å²) in [7, 11) is 0. The zero-order chi connectivity index (χ0) is 13.7. The molecule has 0 aromatic heterocycles. The Labute approximate surface area is 135 Å². The number of rotatable bonds is 5. The molecule has 0 aliphatic carbocycles. The van der Waals surface area contributed by atoms with Crippen LogP contribution in [0.25, 0.3) is 0 Å². The predicted molar refractivity (Wildman–Crippen MR) is 87.9 cm³/mol. The molecule has 0 bridgehead atoms. The molecule has 0 radical (unpaired) electrons. The molecule has 20 heavy (non-hydrogen) atoms. The molecule has 1 aliphatic rings. The van der Waals surface area contributed by atoms with Gasteiger partial charge < -0.3 is 5.32 Å². The topological polar surface area (TPSA) is 15.3 Å². The molecular formula is C15H23BrClFN2. The average molecular weight is 366 g/mol. The fourth-order valence-electron chi connectivity index (χ4n) is 2.60. The summed E-state index contributed by atoms with van der Waals surface area (Å²) < 4.78 is 14.3. The van der Waals surface area contributed by atoms with Crippen LogP contribution in [-0.2, 0) is 6.54 Å². The van der Waals surface area contributed by atoms with E-state index in [1.54, 1.807) is 12.1 Å². The van der Waals surface area contributed by atoms with Crippen LogP contribution < -0.4 is 5.32 Å². The molecule has 1 aliphatic heterocycles. The lowest BCUT2D eigenvalue weighted by atomic mass is 9.96. The lowest BCUT2D eigenvalue weighted by Gasteiger charge is -2.32. The summed E-state index contributed by atoms with van der Waals surface area (Å²) in [5.74, 6) is 0.646. The number of benzene rings is 1. The zero-order valence-corrected chi connectivity index (χ0v) is 14.3. The number of hydrogen-bond donors (Lipinski definition) is 1. The third-order valence-electron chi connectivity index (χ3n) is 3.79. The summed E-state index contributed by atoms with van der Waals surface area (Å²) in [4.78, 5) is 2.42. The van der Waals surface area contributed by atoms with Crippen molar-refractivity contribution in [1.82, 2.24) is 10.2 Å². The van der Waals surface area contributed by atoms with Crippen LogP contribution in [0.2, 0.25) is 0 Å². The number of nitrogens with zero attached hydrogens (tertiary/aromatic N) is 1. The largest absolute Gasteiger partial charge is 0.317 e. The van der Waals surface area contributed by atoms with Crippen LogP contribution >= 0.6 is 28.3 Å². The zero-order valence-electron chi connectivity index (χ0n) is 11.9. The Morgan fingerprint density at radius 1 is 1.35 bits per heavy atom. The van der Waals surface area contributed by atoms with Crippen molar-refractivity contribution >= 4 is 28.3 Å². The van der Waals surface area contributed by atoms with E-state index in [2.05, 4.69) is 33.1 Å². The van der Waals surface area contributed by atoms with Crippen LogP contribution in [0.3, 0.4) is 0 Å². The monoisotopic (exact) mass is 364 g/mol. The Hall–Kier alpha value is -0.160. The SMILES string of the molecule is CCNCC1CCN(Cc2cc(F)ccc2Br)CC1.Cl. The summed E-state index contributed by atoms with van der Waals surface area (Å²) in [6, 6.07) is 4.92. The second-order valence-electron chi connectivity index (χ2n) is 5.26. The first-order chi connectivity index (χ1) is 9.19. The minimum atomic E-state index is -0.153. The van der Waals surface area contributed by atoms with Crippen molar-refractivity contribution in [2.24, 2.45) is 5.92 Å². The van der Waals surface area contributed by atoms with Gasteiger partial charge in [-0.05, 0) is 68.7 Å². The van der Waals surface area contributed by atoms with Crippen molar-refractivity contribution < 1.29 is 4.39 Å². The van der Waals surface area contributed by atoms with Gasteiger partial charge in [0.15, 0.2) is 0 Å². The molecule has 0 atom stereocenters. The van der Waals surface area contributed by atoms with Gasteiger partial charge in [0.2, 0.25) is 0 Å². The molecule has 1 N–H and O–H groups in total. The summed E-state index contributed by atoms with van der Waals surface area (Å²) in [5, 5.41) is 3.42. The summed E-state index contributed by atoms with van der Waals surface area (Å²) >= 11 is 3.50. The molecule has 0 amide bonds. The van der Waals surface area contributed by atoms with Gasteiger partial charge in [0.05, 0.1) is 0 Å². The quantitative estimate of drug-likeness (QED) is 0.853. The molecule has 114 valence electrons. The van der Waals surface area contributed by atoms with Crippen molar-refractivity contribution in [3.63, 3.8) is 0 Å². The van der Waals surface area contributed by atoms with Crippen molar-refractivity contribution in [2.45, 2.75) is 26.3 Å². The fourth-order valence-corrected chi connectivity index (χ4v) is 2.97. The molecule has 2 nitrogen and oxygen atoms in total. The third-order valence-corrected chi connectivity index (χ3v) is 4.57. The second-order valence-corrected chi connectivity index (χ2v) is 6.12. The molecule has 2 rings (SSSR count). The molecule has 1 aromatic carbocycles. The van der Waals surface area contributed by atoms with Crippen LogP contribution in [0.4, 0.5) is 4.39 Å². The maximum atomic E-state index is 13.3. The minimum absolute atomic E-state index is 0. The summed E-state index contributed by atoms with van der Waals surface area (Å²) in [6.07, 6.45) is 2.47. The van der Waals surface area contributed by atoms with Gasteiger partial charge in [-0.15, -0.1) is 12.4 Å². The van der Waals surface area contributed by atoms with Gasteiger partial charge >= 0.3 is 0 Å². The average Bonchev–Trinajstić information content (AvgIpc) is 2.42.